The molecular weight excluding hydrogens is 330 g/mol. The fourth-order valence-corrected chi connectivity index (χ4v) is 2.38. The molecule has 1 N–H and O–H groups in total. The van der Waals surface area contributed by atoms with E-state index in [2.05, 4.69) is 15.3 Å². The number of benzene rings is 2. The summed E-state index contributed by atoms with van der Waals surface area (Å²) >= 11 is 0. The molecule has 0 radical (unpaired) electrons. The highest BCUT2D eigenvalue weighted by molar-refractivity contribution is 5.96. The first-order chi connectivity index (χ1) is 12.6. The summed E-state index contributed by atoms with van der Waals surface area (Å²) in [7, 11) is 1.60. The fraction of sp³-hybridized carbons (Fsp3) is 0.250. The van der Waals surface area contributed by atoms with Gasteiger partial charge in [0, 0.05) is 11.8 Å². The summed E-state index contributed by atoms with van der Waals surface area (Å²) in [6.45, 7) is 4.29. The molecule has 1 aromatic heterocycles. The number of methoxy groups -OCH3 is 1. The minimum atomic E-state index is -0.498. The molecule has 0 aliphatic heterocycles. The lowest BCUT2D eigenvalue weighted by Gasteiger charge is -2.13. The SMILES string of the molecule is COc1cccc(Nc2nc3ccccc3nc2C(=O)OCC(C)C)c1. The molecule has 26 heavy (non-hydrogen) atoms. The Labute approximate surface area is 152 Å². The molecule has 3 rings (SSSR count). The Morgan fingerprint density at radius 1 is 1.08 bits per heavy atom. The number of carbonyl (C=O) groups excluding carboxylic acids is 1. The molecule has 6 heteroatoms. The van der Waals surface area contributed by atoms with Gasteiger partial charge in [-0.3, -0.25) is 0 Å². The van der Waals surface area contributed by atoms with Crippen LogP contribution in [0, 0.1) is 5.92 Å². The summed E-state index contributed by atoms with van der Waals surface area (Å²) < 4.78 is 10.6. The van der Waals surface area contributed by atoms with Crippen molar-refractivity contribution in [1.29, 1.82) is 0 Å². The number of esters is 1. The fourth-order valence-electron chi connectivity index (χ4n) is 2.38. The lowest BCUT2D eigenvalue weighted by Crippen LogP contribution is -2.15. The van der Waals surface area contributed by atoms with Gasteiger partial charge >= 0.3 is 5.97 Å². The highest BCUT2D eigenvalue weighted by Gasteiger charge is 2.19. The predicted molar refractivity (Wildman–Crippen MR) is 101 cm³/mol. The van der Waals surface area contributed by atoms with Crippen LogP contribution in [0.4, 0.5) is 11.5 Å². The van der Waals surface area contributed by atoms with E-state index in [0.29, 0.717) is 29.2 Å². The molecule has 0 aliphatic carbocycles. The number of para-hydroxylation sites is 2. The molecule has 0 spiro atoms. The molecule has 0 saturated heterocycles. The van der Waals surface area contributed by atoms with Crippen LogP contribution in [0.2, 0.25) is 0 Å². The molecule has 0 amide bonds. The Kier molecular flexibility index (Phi) is 5.31. The van der Waals surface area contributed by atoms with Crippen molar-refractivity contribution in [3.8, 4) is 5.75 Å². The van der Waals surface area contributed by atoms with Crippen LogP contribution in [-0.4, -0.2) is 29.7 Å². The summed E-state index contributed by atoms with van der Waals surface area (Å²) in [5.74, 6) is 0.794. The summed E-state index contributed by atoms with van der Waals surface area (Å²) in [4.78, 5) is 21.6. The standard InChI is InChI=1S/C20H21N3O3/c1-13(2)12-26-20(24)18-19(21-14-7-6-8-15(11-14)25-3)23-17-10-5-4-9-16(17)22-18/h4-11,13H,12H2,1-3H3,(H,21,23). The molecule has 134 valence electrons. The topological polar surface area (TPSA) is 73.3 Å². The Morgan fingerprint density at radius 3 is 2.50 bits per heavy atom. The van der Waals surface area contributed by atoms with Crippen molar-refractivity contribution in [2.75, 3.05) is 19.0 Å². The number of hydrogen-bond acceptors (Lipinski definition) is 6. The molecule has 0 bridgehead atoms. The van der Waals surface area contributed by atoms with Gasteiger partial charge in [0.05, 0.1) is 24.8 Å². The average Bonchev–Trinajstić information content (AvgIpc) is 2.65. The van der Waals surface area contributed by atoms with Gasteiger partial charge < -0.3 is 14.8 Å². The van der Waals surface area contributed by atoms with Crippen LogP contribution in [0.5, 0.6) is 5.75 Å². The monoisotopic (exact) mass is 351 g/mol. The second kappa shape index (κ2) is 7.82. The predicted octanol–water partition coefficient (Wildman–Crippen LogP) is 4.19. The lowest BCUT2D eigenvalue weighted by atomic mass is 10.2. The number of aromatic nitrogens is 2. The van der Waals surface area contributed by atoms with Crippen LogP contribution in [0.1, 0.15) is 24.3 Å². The van der Waals surface area contributed by atoms with E-state index in [-0.39, 0.29) is 11.6 Å². The molecule has 0 unspecified atom stereocenters. The van der Waals surface area contributed by atoms with E-state index in [9.17, 15) is 4.79 Å². The van der Waals surface area contributed by atoms with Gasteiger partial charge in [-0.25, -0.2) is 14.8 Å². The molecule has 2 aromatic carbocycles. The van der Waals surface area contributed by atoms with Crippen LogP contribution in [0.15, 0.2) is 48.5 Å². The van der Waals surface area contributed by atoms with Crippen molar-refractivity contribution in [2.45, 2.75) is 13.8 Å². The second-order valence-electron chi connectivity index (χ2n) is 6.26. The molecule has 0 saturated carbocycles. The summed E-state index contributed by atoms with van der Waals surface area (Å²) in [5.41, 5.74) is 2.23. The van der Waals surface area contributed by atoms with E-state index in [1.807, 2.05) is 62.4 Å². The average molecular weight is 351 g/mol. The largest absolute Gasteiger partial charge is 0.497 e. The highest BCUT2D eigenvalue weighted by atomic mass is 16.5. The van der Waals surface area contributed by atoms with Gasteiger partial charge in [-0.15, -0.1) is 0 Å². The van der Waals surface area contributed by atoms with Crippen LogP contribution >= 0.6 is 0 Å². The van der Waals surface area contributed by atoms with Gasteiger partial charge in [0.15, 0.2) is 11.5 Å². The first kappa shape index (κ1) is 17.7. The summed E-state index contributed by atoms with van der Waals surface area (Å²) in [6.07, 6.45) is 0. The van der Waals surface area contributed by atoms with Crippen molar-refractivity contribution in [2.24, 2.45) is 5.92 Å². The Morgan fingerprint density at radius 2 is 1.81 bits per heavy atom. The number of rotatable bonds is 6. The van der Waals surface area contributed by atoms with Crippen LogP contribution in [0.3, 0.4) is 0 Å². The minimum Gasteiger partial charge on any atom is -0.497 e. The summed E-state index contributed by atoms with van der Waals surface area (Å²) in [6, 6.07) is 14.8. The third-order valence-corrected chi connectivity index (χ3v) is 3.64. The third kappa shape index (κ3) is 4.08. The van der Waals surface area contributed by atoms with E-state index in [1.54, 1.807) is 7.11 Å². The van der Waals surface area contributed by atoms with Gasteiger partial charge in [0.2, 0.25) is 0 Å². The number of nitrogens with zero attached hydrogens (tertiary/aromatic N) is 2. The molecule has 6 nitrogen and oxygen atoms in total. The molecule has 0 fully saturated rings. The number of hydrogen-bond donors (Lipinski definition) is 1. The van der Waals surface area contributed by atoms with E-state index in [0.717, 1.165) is 5.69 Å². The van der Waals surface area contributed by atoms with Crippen molar-refractivity contribution in [3.05, 3.63) is 54.2 Å². The minimum absolute atomic E-state index is 0.159. The Balaban J connectivity index is 2.00. The van der Waals surface area contributed by atoms with Gasteiger partial charge in [0.25, 0.3) is 0 Å². The number of anilines is 2. The maximum Gasteiger partial charge on any atom is 0.360 e. The maximum absolute atomic E-state index is 12.5. The Hall–Kier alpha value is -3.15. The third-order valence-electron chi connectivity index (χ3n) is 3.64. The molecular formula is C20H21N3O3. The zero-order chi connectivity index (χ0) is 18.5. The zero-order valence-corrected chi connectivity index (χ0v) is 15.0. The van der Waals surface area contributed by atoms with Gasteiger partial charge in [-0.05, 0) is 30.2 Å². The molecule has 0 atom stereocenters. The normalized spacial score (nSPS) is 10.8. The number of fused-ring (bicyclic) bond motifs is 1. The second-order valence-corrected chi connectivity index (χ2v) is 6.26. The van der Waals surface area contributed by atoms with Crippen LogP contribution in [0.25, 0.3) is 11.0 Å². The first-order valence-electron chi connectivity index (χ1n) is 8.42. The van der Waals surface area contributed by atoms with Crippen LogP contribution in [-0.2, 0) is 4.74 Å². The number of carbonyl (C=O) groups is 1. The highest BCUT2D eigenvalue weighted by Crippen LogP contribution is 2.24. The van der Waals surface area contributed by atoms with Gasteiger partial charge in [-0.1, -0.05) is 32.0 Å². The maximum atomic E-state index is 12.5. The van der Waals surface area contributed by atoms with Gasteiger partial charge in [0.1, 0.15) is 5.75 Å². The number of ether oxygens (including phenoxy) is 2. The van der Waals surface area contributed by atoms with E-state index in [1.165, 1.54) is 0 Å². The van der Waals surface area contributed by atoms with Crippen LogP contribution < -0.4 is 10.1 Å². The molecule has 1 heterocycles. The first-order valence-corrected chi connectivity index (χ1v) is 8.42. The molecule has 3 aromatic rings. The van der Waals surface area contributed by atoms with Crippen molar-refractivity contribution in [3.63, 3.8) is 0 Å². The van der Waals surface area contributed by atoms with Crippen molar-refractivity contribution < 1.29 is 14.3 Å². The van der Waals surface area contributed by atoms with E-state index < -0.39 is 5.97 Å². The number of nitrogens with one attached hydrogen (secondary N) is 1. The lowest BCUT2D eigenvalue weighted by molar-refractivity contribution is 0.0453. The van der Waals surface area contributed by atoms with E-state index >= 15 is 0 Å². The van der Waals surface area contributed by atoms with Gasteiger partial charge in [-0.2, -0.15) is 0 Å². The summed E-state index contributed by atoms with van der Waals surface area (Å²) in [5, 5.41) is 3.15. The van der Waals surface area contributed by atoms with Crippen molar-refractivity contribution >= 4 is 28.5 Å². The van der Waals surface area contributed by atoms with Crippen molar-refractivity contribution in [1.82, 2.24) is 9.97 Å². The molecule has 0 aliphatic rings. The Bertz CT molecular complexity index is 925. The quantitative estimate of drug-likeness (QED) is 0.671. The van der Waals surface area contributed by atoms with E-state index in [4.69, 9.17) is 9.47 Å². The zero-order valence-electron chi connectivity index (χ0n) is 15.0. The smallest absolute Gasteiger partial charge is 0.360 e.